The van der Waals surface area contributed by atoms with Crippen molar-refractivity contribution >= 4 is 33.8 Å². The number of anilines is 3. The van der Waals surface area contributed by atoms with Gasteiger partial charge >= 0.3 is 6.36 Å². The number of hydrogen-bond acceptors (Lipinski definition) is 7. The van der Waals surface area contributed by atoms with Crippen LogP contribution in [0, 0.1) is 6.92 Å². The molecule has 0 spiro atoms. The maximum atomic E-state index is 12.9. The van der Waals surface area contributed by atoms with E-state index in [4.69, 9.17) is 4.74 Å². The first kappa shape index (κ1) is 21.9. The summed E-state index contributed by atoms with van der Waals surface area (Å²) in [7, 11) is 0. The van der Waals surface area contributed by atoms with E-state index in [1.54, 1.807) is 24.4 Å². The molecule has 32 heavy (non-hydrogen) atoms. The summed E-state index contributed by atoms with van der Waals surface area (Å²) in [6, 6.07) is 9.51. The Labute approximate surface area is 185 Å². The standard InChI is InChI=1S/C21H18F3N3O4S/c1-12-9-25-20(32-12)27-14(10-28)11-30-18-16(3-2-4-17(18)27)19(29)26-13-5-7-15(8-6-13)31-21(22,23)24/h2-9,14,28H,10-11H2,1H3,(H,26,29). The third-order valence-electron chi connectivity index (χ3n) is 4.66. The van der Waals surface area contributed by atoms with E-state index in [1.165, 1.54) is 23.5 Å². The molecule has 168 valence electrons. The van der Waals surface area contributed by atoms with Crippen LogP contribution >= 0.6 is 11.3 Å². The van der Waals surface area contributed by atoms with E-state index in [2.05, 4.69) is 15.0 Å². The van der Waals surface area contributed by atoms with Crippen LogP contribution < -0.4 is 19.7 Å². The second-order valence-electron chi connectivity index (χ2n) is 6.95. The summed E-state index contributed by atoms with van der Waals surface area (Å²) in [5, 5.41) is 13.1. The number of thiazole rings is 1. The summed E-state index contributed by atoms with van der Waals surface area (Å²) >= 11 is 1.45. The minimum Gasteiger partial charge on any atom is -0.488 e. The highest BCUT2D eigenvalue weighted by Crippen LogP contribution is 2.42. The fraction of sp³-hybridized carbons (Fsp3) is 0.238. The SMILES string of the molecule is Cc1cnc(N2c3cccc(C(=O)Nc4ccc(OC(F)(F)F)cc4)c3OCC2CO)s1. The molecule has 3 aromatic rings. The molecule has 0 saturated heterocycles. The lowest BCUT2D eigenvalue weighted by atomic mass is 10.1. The normalized spacial score (nSPS) is 15.7. The number of nitrogens with one attached hydrogen (secondary N) is 1. The van der Waals surface area contributed by atoms with Crippen LogP contribution in [0.25, 0.3) is 0 Å². The number of amides is 1. The van der Waals surface area contributed by atoms with Crippen molar-refractivity contribution in [2.75, 3.05) is 23.4 Å². The maximum absolute atomic E-state index is 12.9. The first-order valence-corrected chi connectivity index (χ1v) is 10.3. The van der Waals surface area contributed by atoms with Crippen molar-refractivity contribution in [1.82, 2.24) is 4.98 Å². The molecule has 0 saturated carbocycles. The first-order valence-electron chi connectivity index (χ1n) is 9.50. The maximum Gasteiger partial charge on any atom is 0.573 e. The molecule has 7 nitrogen and oxygen atoms in total. The van der Waals surface area contributed by atoms with Gasteiger partial charge < -0.3 is 24.8 Å². The summed E-state index contributed by atoms with van der Waals surface area (Å²) < 4.78 is 46.6. The molecule has 1 aliphatic rings. The van der Waals surface area contributed by atoms with Crippen LogP contribution in [0.5, 0.6) is 11.5 Å². The number of hydrogen-bond donors (Lipinski definition) is 2. The molecule has 0 bridgehead atoms. The second-order valence-corrected chi connectivity index (χ2v) is 8.16. The molecule has 1 aliphatic heterocycles. The van der Waals surface area contributed by atoms with Crippen molar-refractivity contribution in [1.29, 1.82) is 0 Å². The highest BCUT2D eigenvalue weighted by molar-refractivity contribution is 7.15. The number of alkyl halides is 3. The molecule has 4 rings (SSSR count). The number of rotatable bonds is 5. The Morgan fingerprint density at radius 1 is 1.31 bits per heavy atom. The van der Waals surface area contributed by atoms with Gasteiger partial charge in [0.2, 0.25) is 0 Å². The van der Waals surface area contributed by atoms with E-state index >= 15 is 0 Å². The molecule has 0 fully saturated rings. The van der Waals surface area contributed by atoms with Crippen molar-refractivity contribution < 1.29 is 32.5 Å². The van der Waals surface area contributed by atoms with Gasteiger partial charge in [0.05, 0.1) is 23.9 Å². The topological polar surface area (TPSA) is 83.9 Å². The van der Waals surface area contributed by atoms with E-state index < -0.39 is 12.3 Å². The highest BCUT2D eigenvalue weighted by atomic mass is 32.1. The quantitative estimate of drug-likeness (QED) is 0.578. The highest BCUT2D eigenvalue weighted by Gasteiger charge is 2.33. The Morgan fingerprint density at radius 3 is 2.69 bits per heavy atom. The number of aliphatic hydroxyl groups is 1. The number of halogens is 3. The van der Waals surface area contributed by atoms with E-state index in [0.717, 1.165) is 17.0 Å². The van der Waals surface area contributed by atoms with E-state index in [0.29, 0.717) is 22.3 Å². The summed E-state index contributed by atoms with van der Waals surface area (Å²) in [5.74, 6) is -0.552. The number of fused-ring (bicyclic) bond motifs is 1. The van der Waals surface area contributed by atoms with Crippen molar-refractivity contribution in [2.45, 2.75) is 19.3 Å². The van der Waals surface area contributed by atoms with Crippen LogP contribution in [0.1, 0.15) is 15.2 Å². The lowest BCUT2D eigenvalue weighted by Gasteiger charge is -2.36. The van der Waals surface area contributed by atoms with Gasteiger partial charge in [0.25, 0.3) is 5.91 Å². The molecule has 2 heterocycles. The summed E-state index contributed by atoms with van der Waals surface area (Å²) in [5.41, 5.74) is 1.12. The number of para-hydroxylation sites is 1. The summed E-state index contributed by atoms with van der Waals surface area (Å²) in [6.07, 6.45) is -3.06. The van der Waals surface area contributed by atoms with Crippen molar-refractivity contribution in [2.24, 2.45) is 0 Å². The van der Waals surface area contributed by atoms with Crippen LogP contribution in [0.15, 0.2) is 48.7 Å². The third kappa shape index (κ3) is 4.63. The molecular weight excluding hydrogens is 447 g/mol. The molecule has 11 heteroatoms. The van der Waals surface area contributed by atoms with Crippen LogP contribution in [-0.2, 0) is 0 Å². The Kier molecular flexibility index (Phi) is 5.94. The fourth-order valence-electron chi connectivity index (χ4n) is 3.28. The monoisotopic (exact) mass is 465 g/mol. The number of aromatic nitrogens is 1. The number of benzene rings is 2. The van der Waals surface area contributed by atoms with Gasteiger partial charge in [-0.2, -0.15) is 0 Å². The fourth-order valence-corrected chi connectivity index (χ4v) is 4.13. The zero-order valence-corrected chi connectivity index (χ0v) is 17.5. The lowest BCUT2D eigenvalue weighted by Crippen LogP contribution is -2.42. The molecule has 1 atom stereocenters. The minimum atomic E-state index is -4.79. The van der Waals surface area contributed by atoms with Gasteiger partial charge in [-0.3, -0.25) is 4.79 Å². The molecular formula is C21H18F3N3O4S. The first-order chi connectivity index (χ1) is 15.2. The van der Waals surface area contributed by atoms with Gasteiger partial charge in [-0.05, 0) is 43.3 Å². The molecule has 1 unspecified atom stereocenters. The molecule has 0 aliphatic carbocycles. The molecule has 2 aromatic carbocycles. The van der Waals surface area contributed by atoms with Crippen molar-refractivity contribution in [3.8, 4) is 11.5 Å². The lowest BCUT2D eigenvalue weighted by molar-refractivity contribution is -0.274. The summed E-state index contributed by atoms with van der Waals surface area (Å²) in [6.45, 7) is 1.90. The van der Waals surface area contributed by atoms with Crippen LogP contribution in [0.3, 0.4) is 0 Å². The molecule has 0 radical (unpaired) electrons. The number of ether oxygens (including phenoxy) is 2. The summed E-state index contributed by atoms with van der Waals surface area (Å²) in [4.78, 5) is 20.2. The van der Waals surface area contributed by atoms with E-state index in [9.17, 15) is 23.1 Å². The minimum absolute atomic E-state index is 0.149. The number of carbonyl (C=O) groups is 1. The zero-order valence-electron chi connectivity index (χ0n) is 16.7. The van der Waals surface area contributed by atoms with Crippen LogP contribution in [0.4, 0.5) is 29.7 Å². The van der Waals surface area contributed by atoms with Crippen molar-refractivity contribution in [3.63, 3.8) is 0 Å². The van der Waals surface area contributed by atoms with Crippen LogP contribution in [0.2, 0.25) is 0 Å². The van der Waals surface area contributed by atoms with Gasteiger partial charge in [-0.15, -0.1) is 24.5 Å². The molecule has 2 N–H and O–H groups in total. The largest absolute Gasteiger partial charge is 0.573 e. The number of aliphatic hydroxyl groups excluding tert-OH is 1. The Hall–Kier alpha value is -3.31. The predicted molar refractivity (Wildman–Crippen MR) is 113 cm³/mol. The number of carbonyl (C=O) groups excluding carboxylic acids is 1. The molecule has 1 aromatic heterocycles. The van der Waals surface area contributed by atoms with Gasteiger partial charge in [0, 0.05) is 16.8 Å². The van der Waals surface area contributed by atoms with Gasteiger partial charge in [-0.25, -0.2) is 4.98 Å². The Morgan fingerprint density at radius 2 is 2.06 bits per heavy atom. The van der Waals surface area contributed by atoms with Gasteiger partial charge in [0.1, 0.15) is 12.4 Å². The number of nitrogens with zero attached hydrogens (tertiary/aromatic N) is 2. The smallest absolute Gasteiger partial charge is 0.488 e. The average Bonchev–Trinajstić information content (AvgIpc) is 3.18. The average molecular weight is 465 g/mol. The van der Waals surface area contributed by atoms with Gasteiger partial charge in [0.15, 0.2) is 10.9 Å². The molecule has 1 amide bonds. The van der Waals surface area contributed by atoms with E-state index in [1.807, 2.05) is 11.8 Å². The van der Waals surface area contributed by atoms with E-state index in [-0.39, 0.29) is 30.6 Å². The zero-order chi connectivity index (χ0) is 22.9. The van der Waals surface area contributed by atoms with Crippen LogP contribution in [-0.4, -0.2) is 41.6 Å². The number of aryl methyl sites for hydroxylation is 1. The Bertz CT molecular complexity index is 1120. The van der Waals surface area contributed by atoms with Crippen molar-refractivity contribution in [3.05, 3.63) is 59.1 Å². The third-order valence-corrected chi connectivity index (χ3v) is 5.57. The Balaban J connectivity index is 1.60. The second kappa shape index (κ2) is 8.67. The predicted octanol–water partition coefficient (Wildman–Crippen LogP) is 4.49. The van der Waals surface area contributed by atoms with Gasteiger partial charge in [-0.1, -0.05) is 6.07 Å².